The molecule has 1 aliphatic heterocycles. The van der Waals surface area contributed by atoms with Gasteiger partial charge in [0.15, 0.2) is 5.82 Å². The maximum Gasteiger partial charge on any atom is 0.228 e. The Hall–Kier alpha value is -2.57. The van der Waals surface area contributed by atoms with Crippen LogP contribution in [0.15, 0.2) is 18.5 Å². The molecule has 1 atom stereocenters. The number of aromatic nitrogens is 4. The van der Waals surface area contributed by atoms with Crippen LogP contribution < -0.4 is 5.32 Å². The van der Waals surface area contributed by atoms with Gasteiger partial charge in [-0.1, -0.05) is 6.92 Å². The van der Waals surface area contributed by atoms with Gasteiger partial charge < -0.3 is 10.2 Å². The monoisotopic (exact) mass is 340 g/mol. The van der Waals surface area contributed by atoms with Crippen LogP contribution in [-0.2, 0) is 4.79 Å². The molecule has 2 aromatic rings. The normalized spacial score (nSPS) is 17.4. The van der Waals surface area contributed by atoms with Gasteiger partial charge in [-0.2, -0.15) is 0 Å². The van der Waals surface area contributed by atoms with Gasteiger partial charge in [-0.05, 0) is 32.8 Å². The summed E-state index contributed by atoms with van der Waals surface area (Å²) >= 11 is 0. The van der Waals surface area contributed by atoms with Gasteiger partial charge in [0.25, 0.3) is 0 Å². The third kappa shape index (κ3) is 4.10. The van der Waals surface area contributed by atoms with Gasteiger partial charge in [-0.25, -0.2) is 15.0 Å². The molecule has 1 fully saturated rings. The van der Waals surface area contributed by atoms with E-state index in [2.05, 4.69) is 25.3 Å². The Morgan fingerprint density at radius 1 is 1.24 bits per heavy atom. The van der Waals surface area contributed by atoms with Crippen molar-refractivity contribution >= 4 is 17.7 Å². The van der Waals surface area contributed by atoms with E-state index in [1.807, 2.05) is 31.7 Å². The first kappa shape index (κ1) is 17.3. The minimum absolute atomic E-state index is 0.173. The van der Waals surface area contributed by atoms with E-state index in [4.69, 9.17) is 0 Å². The Labute approximate surface area is 147 Å². The molecule has 1 N–H and O–H groups in total. The van der Waals surface area contributed by atoms with E-state index in [-0.39, 0.29) is 11.8 Å². The van der Waals surface area contributed by atoms with Gasteiger partial charge in [0.2, 0.25) is 11.9 Å². The van der Waals surface area contributed by atoms with Crippen LogP contribution in [0.1, 0.15) is 49.2 Å². The molecule has 0 unspecified atom stereocenters. The van der Waals surface area contributed by atoms with E-state index < -0.39 is 0 Å². The third-order valence-corrected chi connectivity index (χ3v) is 4.40. The number of amides is 1. The van der Waals surface area contributed by atoms with Crippen LogP contribution in [-0.4, -0.2) is 43.8 Å². The highest BCUT2D eigenvalue weighted by molar-refractivity contribution is 5.76. The number of hydrogen-bond acceptors (Lipinski definition) is 6. The number of rotatable bonds is 4. The average molecular weight is 340 g/mol. The molecule has 1 aliphatic rings. The second-order valence-electron chi connectivity index (χ2n) is 6.42. The molecule has 3 heterocycles. The molecular weight excluding hydrogens is 316 g/mol. The Kier molecular flexibility index (Phi) is 5.21. The summed E-state index contributed by atoms with van der Waals surface area (Å²) in [6.45, 7) is 7.29. The zero-order valence-corrected chi connectivity index (χ0v) is 15.0. The summed E-state index contributed by atoms with van der Waals surface area (Å²) in [6.07, 6.45) is 5.87. The first-order chi connectivity index (χ1) is 12.1. The van der Waals surface area contributed by atoms with E-state index in [0.29, 0.717) is 24.7 Å². The third-order valence-electron chi connectivity index (χ3n) is 4.40. The van der Waals surface area contributed by atoms with Crippen LogP contribution in [0.25, 0.3) is 0 Å². The highest BCUT2D eigenvalue weighted by Gasteiger charge is 2.27. The molecule has 7 heteroatoms. The fraction of sp³-hybridized carbons (Fsp3) is 0.500. The predicted molar refractivity (Wildman–Crippen MR) is 95.7 cm³/mol. The number of carbonyl (C=O) groups excluding carboxylic acids is 1. The van der Waals surface area contributed by atoms with Crippen molar-refractivity contribution in [3.8, 4) is 0 Å². The number of aryl methyl sites for hydroxylation is 2. The quantitative estimate of drug-likeness (QED) is 0.921. The van der Waals surface area contributed by atoms with E-state index in [0.717, 1.165) is 36.5 Å². The van der Waals surface area contributed by atoms with Crippen molar-refractivity contribution < 1.29 is 4.79 Å². The van der Waals surface area contributed by atoms with Gasteiger partial charge in [0, 0.05) is 49.2 Å². The summed E-state index contributed by atoms with van der Waals surface area (Å²) in [5.74, 6) is 1.56. The summed E-state index contributed by atoms with van der Waals surface area (Å²) in [6, 6.07) is 1.93. The van der Waals surface area contributed by atoms with Gasteiger partial charge >= 0.3 is 0 Å². The molecule has 2 aromatic heterocycles. The minimum Gasteiger partial charge on any atom is -0.342 e. The summed E-state index contributed by atoms with van der Waals surface area (Å²) < 4.78 is 0. The largest absolute Gasteiger partial charge is 0.342 e. The summed E-state index contributed by atoms with van der Waals surface area (Å²) in [7, 11) is 0. The van der Waals surface area contributed by atoms with Crippen LogP contribution in [0.2, 0.25) is 0 Å². The fourth-order valence-corrected chi connectivity index (χ4v) is 3.28. The standard InChI is InChI=1S/C18H24N6O/c1-4-15(25)24-9-5-6-14(11-24)16-17(20-8-7-19-16)23-18-21-12(2)10-13(3)22-18/h7-8,10,14H,4-6,9,11H2,1-3H3,(H,20,21,22,23)/t14-/m0/s1. The van der Waals surface area contributed by atoms with Gasteiger partial charge in [-0.15, -0.1) is 0 Å². The van der Waals surface area contributed by atoms with Crippen molar-refractivity contribution in [1.82, 2.24) is 24.8 Å². The van der Waals surface area contributed by atoms with Gasteiger partial charge in [0.1, 0.15) is 0 Å². The van der Waals surface area contributed by atoms with Crippen molar-refractivity contribution in [2.24, 2.45) is 0 Å². The zero-order chi connectivity index (χ0) is 17.8. The molecule has 1 saturated heterocycles. The number of nitrogens with zero attached hydrogens (tertiary/aromatic N) is 5. The minimum atomic E-state index is 0.173. The number of hydrogen-bond donors (Lipinski definition) is 1. The van der Waals surface area contributed by atoms with Crippen molar-refractivity contribution in [3.05, 3.63) is 35.5 Å². The summed E-state index contributed by atoms with van der Waals surface area (Å²) in [4.78, 5) is 31.8. The topological polar surface area (TPSA) is 83.9 Å². The molecule has 7 nitrogen and oxygen atoms in total. The van der Waals surface area contributed by atoms with Crippen molar-refractivity contribution in [3.63, 3.8) is 0 Å². The van der Waals surface area contributed by atoms with Crippen LogP contribution >= 0.6 is 0 Å². The fourth-order valence-electron chi connectivity index (χ4n) is 3.28. The van der Waals surface area contributed by atoms with E-state index in [1.54, 1.807) is 12.4 Å². The molecule has 132 valence electrons. The molecule has 1 amide bonds. The van der Waals surface area contributed by atoms with Crippen molar-refractivity contribution in [1.29, 1.82) is 0 Å². The SMILES string of the molecule is CCC(=O)N1CCC[C@H](c2nccnc2Nc2nc(C)cc(C)n2)C1. The van der Waals surface area contributed by atoms with E-state index in [1.165, 1.54) is 0 Å². The molecular formula is C18H24N6O. The molecule has 0 bridgehead atoms. The molecule has 0 spiro atoms. The molecule has 0 radical (unpaired) electrons. The molecule has 25 heavy (non-hydrogen) atoms. The van der Waals surface area contributed by atoms with Crippen LogP contribution in [0.3, 0.4) is 0 Å². The van der Waals surface area contributed by atoms with Crippen molar-refractivity contribution in [2.75, 3.05) is 18.4 Å². The number of nitrogens with one attached hydrogen (secondary N) is 1. The number of likely N-dealkylation sites (tertiary alicyclic amines) is 1. The summed E-state index contributed by atoms with van der Waals surface area (Å²) in [5.41, 5.74) is 2.68. The van der Waals surface area contributed by atoms with E-state index >= 15 is 0 Å². The zero-order valence-electron chi connectivity index (χ0n) is 15.0. The van der Waals surface area contributed by atoms with Crippen molar-refractivity contribution in [2.45, 2.75) is 46.0 Å². The van der Waals surface area contributed by atoms with Crippen LogP contribution in [0.5, 0.6) is 0 Å². The predicted octanol–water partition coefficient (Wildman–Crippen LogP) is 2.74. The highest BCUT2D eigenvalue weighted by Crippen LogP contribution is 2.30. The smallest absolute Gasteiger partial charge is 0.228 e. The molecule has 0 aliphatic carbocycles. The summed E-state index contributed by atoms with van der Waals surface area (Å²) in [5, 5.41) is 3.21. The van der Waals surface area contributed by atoms with E-state index in [9.17, 15) is 4.79 Å². The Morgan fingerprint density at radius 3 is 2.68 bits per heavy atom. The number of carbonyl (C=O) groups is 1. The lowest BCUT2D eigenvalue weighted by molar-refractivity contribution is -0.132. The lowest BCUT2D eigenvalue weighted by Crippen LogP contribution is -2.39. The lowest BCUT2D eigenvalue weighted by Gasteiger charge is -2.32. The molecule has 0 aromatic carbocycles. The second kappa shape index (κ2) is 7.55. The number of anilines is 2. The Morgan fingerprint density at radius 2 is 1.96 bits per heavy atom. The number of piperidine rings is 1. The molecule has 3 rings (SSSR count). The maximum atomic E-state index is 12.0. The van der Waals surface area contributed by atoms with Crippen LogP contribution in [0, 0.1) is 13.8 Å². The van der Waals surface area contributed by atoms with Crippen LogP contribution in [0.4, 0.5) is 11.8 Å². The second-order valence-corrected chi connectivity index (χ2v) is 6.42. The lowest BCUT2D eigenvalue weighted by atomic mass is 9.94. The Balaban J connectivity index is 1.84. The first-order valence-corrected chi connectivity index (χ1v) is 8.74. The first-order valence-electron chi connectivity index (χ1n) is 8.74. The van der Waals surface area contributed by atoms with Gasteiger partial charge in [-0.3, -0.25) is 9.78 Å². The maximum absolute atomic E-state index is 12.0. The average Bonchev–Trinajstić information content (AvgIpc) is 2.61. The van der Waals surface area contributed by atoms with Gasteiger partial charge in [0.05, 0.1) is 5.69 Å². The highest BCUT2D eigenvalue weighted by atomic mass is 16.2. The molecule has 0 saturated carbocycles. The Bertz CT molecular complexity index is 743.